The monoisotopic (exact) mass is 396 g/mol. The summed E-state index contributed by atoms with van der Waals surface area (Å²) in [5.41, 5.74) is 4.81. The Balaban J connectivity index is 2.08. The van der Waals surface area contributed by atoms with Gasteiger partial charge in [-0.3, -0.25) is 14.3 Å². The van der Waals surface area contributed by atoms with Crippen LogP contribution in [0.3, 0.4) is 0 Å². The number of hydrazone groups is 1. The van der Waals surface area contributed by atoms with Crippen molar-refractivity contribution < 1.29 is 0 Å². The molecule has 0 amide bonds. The van der Waals surface area contributed by atoms with E-state index >= 15 is 0 Å². The smallest absolute Gasteiger partial charge is 0.303 e. The first-order valence-corrected chi connectivity index (χ1v) is 9.99. The largest absolute Gasteiger partial charge is 0.329 e. The maximum absolute atomic E-state index is 12.5. The molecule has 2 aromatic heterocycles. The van der Waals surface area contributed by atoms with Crippen molar-refractivity contribution in [2.45, 2.75) is 46.6 Å². The number of aromatic amines is 1. The molecular weight excluding hydrogens is 368 g/mol. The van der Waals surface area contributed by atoms with E-state index in [0.717, 1.165) is 30.5 Å². The predicted octanol–water partition coefficient (Wildman–Crippen LogP) is 3.09. The normalized spacial score (nSPS) is 12.1. The van der Waals surface area contributed by atoms with Crippen LogP contribution in [0.2, 0.25) is 0 Å². The molecule has 29 heavy (non-hydrogen) atoms. The van der Waals surface area contributed by atoms with E-state index < -0.39 is 11.2 Å². The van der Waals surface area contributed by atoms with Crippen molar-refractivity contribution in [2.75, 3.05) is 5.43 Å². The predicted molar refractivity (Wildman–Crippen MR) is 117 cm³/mol. The van der Waals surface area contributed by atoms with Crippen molar-refractivity contribution in [3.8, 4) is 0 Å². The first-order chi connectivity index (χ1) is 13.9. The van der Waals surface area contributed by atoms with E-state index in [0.29, 0.717) is 29.6 Å². The van der Waals surface area contributed by atoms with Gasteiger partial charge in [0.25, 0.3) is 5.56 Å². The number of aryl methyl sites for hydroxylation is 2. The van der Waals surface area contributed by atoms with Crippen LogP contribution in [-0.4, -0.2) is 24.8 Å². The number of H-pyrrole nitrogens is 1. The van der Waals surface area contributed by atoms with Gasteiger partial charge in [-0.25, -0.2) is 10.2 Å². The summed E-state index contributed by atoms with van der Waals surface area (Å²) in [6.45, 7) is 6.95. The number of hydrogen-bond donors (Lipinski definition) is 2. The number of fused-ring (bicyclic) bond motifs is 1. The van der Waals surface area contributed by atoms with Crippen molar-refractivity contribution in [2.24, 2.45) is 18.1 Å². The van der Waals surface area contributed by atoms with Crippen molar-refractivity contribution in [1.29, 1.82) is 0 Å². The Bertz CT molecular complexity index is 1120. The molecule has 3 aromatic rings. The molecule has 3 rings (SSSR count). The average Bonchev–Trinajstić information content (AvgIpc) is 3.07. The summed E-state index contributed by atoms with van der Waals surface area (Å²) in [7, 11) is 1.60. The zero-order valence-electron chi connectivity index (χ0n) is 17.4. The Morgan fingerprint density at radius 3 is 2.62 bits per heavy atom. The highest BCUT2D eigenvalue weighted by Gasteiger charge is 2.17. The molecule has 2 N–H and O–H groups in total. The molecule has 1 aromatic carbocycles. The molecule has 0 radical (unpaired) electrons. The van der Waals surface area contributed by atoms with Gasteiger partial charge < -0.3 is 4.57 Å². The summed E-state index contributed by atoms with van der Waals surface area (Å²) in [6.07, 6.45) is 2.63. The first-order valence-electron chi connectivity index (χ1n) is 9.99. The van der Waals surface area contributed by atoms with E-state index in [1.54, 1.807) is 7.05 Å². The molecule has 8 heteroatoms. The van der Waals surface area contributed by atoms with Crippen LogP contribution < -0.4 is 16.7 Å². The first kappa shape index (κ1) is 20.6. The lowest BCUT2D eigenvalue weighted by molar-refractivity contribution is 0.524. The fourth-order valence-electron chi connectivity index (χ4n) is 3.17. The number of hydrogen-bond acceptors (Lipinski definition) is 5. The summed E-state index contributed by atoms with van der Waals surface area (Å²) in [4.78, 5) is 31.4. The number of nitrogens with one attached hydrogen (secondary N) is 2. The Hall–Kier alpha value is -3.16. The minimum atomic E-state index is -0.484. The highest BCUT2D eigenvalue weighted by Crippen LogP contribution is 2.18. The van der Waals surface area contributed by atoms with E-state index in [-0.39, 0.29) is 0 Å². The zero-order chi connectivity index (χ0) is 21.0. The Morgan fingerprint density at radius 2 is 1.97 bits per heavy atom. The second-order valence-corrected chi connectivity index (χ2v) is 7.55. The summed E-state index contributed by atoms with van der Waals surface area (Å²) in [5.74, 6) is 0.910. The van der Waals surface area contributed by atoms with Gasteiger partial charge in [0.1, 0.15) is 0 Å². The van der Waals surface area contributed by atoms with Crippen LogP contribution in [0.1, 0.15) is 45.6 Å². The van der Waals surface area contributed by atoms with E-state index in [1.807, 2.05) is 34.9 Å². The van der Waals surface area contributed by atoms with Gasteiger partial charge in [0, 0.05) is 13.6 Å². The second-order valence-electron chi connectivity index (χ2n) is 7.55. The SMILES string of the molecule is CCC/C(=N/Nc1nc2c(c(=O)[nH]c(=O)n2C)n1CCC(C)C)c1ccccc1. The Morgan fingerprint density at radius 1 is 1.24 bits per heavy atom. The molecular formula is C21H28N6O2. The number of nitrogens with zero attached hydrogens (tertiary/aromatic N) is 4. The number of anilines is 1. The molecule has 154 valence electrons. The fraction of sp³-hybridized carbons (Fsp3) is 0.429. The highest BCUT2D eigenvalue weighted by atomic mass is 16.2. The highest BCUT2D eigenvalue weighted by molar-refractivity contribution is 6.00. The molecule has 0 saturated carbocycles. The van der Waals surface area contributed by atoms with Gasteiger partial charge >= 0.3 is 5.69 Å². The summed E-state index contributed by atoms with van der Waals surface area (Å²) < 4.78 is 3.16. The molecule has 0 bridgehead atoms. The maximum Gasteiger partial charge on any atom is 0.329 e. The Kier molecular flexibility index (Phi) is 6.31. The molecule has 0 aliphatic carbocycles. The molecule has 0 saturated heterocycles. The third-order valence-corrected chi connectivity index (χ3v) is 4.82. The van der Waals surface area contributed by atoms with E-state index in [2.05, 4.69) is 41.3 Å². The van der Waals surface area contributed by atoms with Crippen molar-refractivity contribution >= 4 is 22.8 Å². The maximum atomic E-state index is 12.5. The lowest BCUT2D eigenvalue weighted by Gasteiger charge is -2.11. The van der Waals surface area contributed by atoms with Gasteiger partial charge in [-0.05, 0) is 24.3 Å². The summed E-state index contributed by atoms with van der Waals surface area (Å²) in [5, 5.41) is 4.60. The van der Waals surface area contributed by atoms with Crippen LogP contribution in [-0.2, 0) is 13.6 Å². The van der Waals surface area contributed by atoms with Crippen LogP contribution in [0.15, 0.2) is 45.0 Å². The third kappa shape index (κ3) is 4.47. The van der Waals surface area contributed by atoms with Crippen LogP contribution in [0.25, 0.3) is 11.2 Å². The molecule has 0 aliphatic heterocycles. The number of aromatic nitrogens is 4. The molecule has 2 heterocycles. The van der Waals surface area contributed by atoms with Crippen LogP contribution >= 0.6 is 0 Å². The molecule has 0 aliphatic rings. The molecule has 0 spiro atoms. The van der Waals surface area contributed by atoms with E-state index in [9.17, 15) is 9.59 Å². The summed E-state index contributed by atoms with van der Waals surface area (Å²) >= 11 is 0. The van der Waals surface area contributed by atoms with Crippen molar-refractivity contribution in [1.82, 2.24) is 19.1 Å². The van der Waals surface area contributed by atoms with Gasteiger partial charge in [0.15, 0.2) is 11.2 Å². The quantitative estimate of drug-likeness (QED) is 0.452. The number of imidazole rings is 1. The van der Waals surface area contributed by atoms with Crippen LogP contribution in [0.4, 0.5) is 5.95 Å². The zero-order valence-corrected chi connectivity index (χ0v) is 17.4. The molecule has 0 fully saturated rings. The third-order valence-electron chi connectivity index (χ3n) is 4.82. The minimum absolute atomic E-state index is 0.344. The topological polar surface area (TPSA) is 97.1 Å². The van der Waals surface area contributed by atoms with Crippen molar-refractivity contribution in [3.63, 3.8) is 0 Å². The lowest BCUT2D eigenvalue weighted by atomic mass is 10.1. The fourth-order valence-corrected chi connectivity index (χ4v) is 3.17. The number of benzene rings is 1. The molecule has 8 nitrogen and oxygen atoms in total. The lowest BCUT2D eigenvalue weighted by Crippen LogP contribution is -2.29. The minimum Gasteiger partial charge on any atom is -0.303 e. The summed E-state index contributed by atoms with van der Waals surface area (Å²) in [6, 6.07) is 9.97. The van der Waals surface area contributed by atoms with Gasteiger partial charge in [0.05, 0.1) is 5.71 Å². The average molecular weight is 396 g/mol. The Labute approximate surface area is 169 Å². The van der Waals surface area contributed by atoms with Crippen LogP contribution in [0, 0.1) is 5.92 Å². The van der Waals surface area contributed by atoms with Gasteiger partial charge in [0.2, 0.25) is 5.95 Å². The van der Waals surface area contributed by atoms with Crippen molar-refractivity contribution in [3.05, 3.63) is 56.7 Å². The second kappa shape index (κ2) is 8.89. The van der Waals surface area contributed by atoms with Gasteiger partial charge in [-0.2, -0.15) is 10.1 Å². The number of rotatable bonds is 8. The van der Waals surface area contributed by atoms with Gasteiger partial charge in [-0.15, -0.1) is 0 Å². The molecule has 0 atom stereocenters. The standard InChI is InChI=1S/C21H28N6O2/c1-5-9-16(15-10-7-6-8-11-15)24-25-20-22-18-17(27(20)13-12-14(2)3)19(28)23-21(29)26(18)4/h6-8,10-11,14H,5,9,12-13H2,1-4H3,(H,22,25)(H,23,28,29)/b24-16-. The van der Waals surface area contributed by atoms with Gasteiger partial charge in [-0.1, -0.05) is 57.5 Å². The van der Waals surface area contributed by atoms with E-state index in [4.69, 9.17) is 0 Å². The van der Waals surface area contributed by atoms with Crippen LogP contribution in [0.5, 0.6) is 0 Å². The molecule has 0 unspecified atom stereocenters. The van der Waals surface area contributed by atoms with E-state index in [1.165, 1.54) is 4.57 Å².